The van der Waals surface area contributed by atoms with Crippen LogP contribution in [0.2, 0.25) is 0 Å². The average Bonchev–Trinajstić information content (AvgIpc) is 2.84. The molecule has 2 aromatic rings. The summed E-state index contributed by atoms with van der Waals surface area (Å²) >= 11 is 0. The first-order valence-electron chi connectivity index (χ1n) is 11.1. The van der Waals surface area contributed by atoms with Gasteiger partial charge in [-0.15, -0.1) is 0 Å². The van der Waals surface area contributed by atoms with Crippen molar-refractivity contribution in [2.24, 2.45) is 11.1 Å². The number of amides is 1. The van der Waals surface area contributed by atoms with E-state index in [0.29, 0.717) is 46.7 Å². The van der Waals surface area contributed by atoms with Gasteiger partial charge in [-0.1, -0.05) is 19.9 Å². The molecule has 4 rings (SSSR count). The summed E-state index contributed by atoms with van der Waals surface area (Å²) in [5.74, 6) is -0.196. The smallest absolute Gasteiger partial charge is 0.271 e. The van der Waals surface area contributed by atoms with Crippen LogP contribution < -0.4 is 20.6 Å². The van der Waals surface area contributed by atoms with Crippen LogP contribution in [0.5, 0.6) is 11.5 Å². The van der Waals surface area contributed by atoms with Gasteiger partial charge in [-0.25, -0.2) is 5.01 Å². The molecular formula is C26H27N5O4. The number of hydrogen-bond donors (Lipinski definition) is 2. The number of nitriles is 1. The predicted octanol–water partition coefficient (Wildman–Crippen LogP) is 3.18. The number of benzene rings is 1. The third kappa shape index (κ3) is 4.30. The number of nitrogens with two attached hydrogens (primary N) is 1. The highest BCUT2D eigenvalue weighted by Gasteiger charge is 2.45. The Labute approximate surface area is 203 Å². The van der Waals surface area contributed by atoms with Crippen LogP contribution in [0.15, 0.2) is 65.4 Å². The zero-order valence-electron chi connectivity index (χ0n) is 20.1. The molecule has 0 spiro atoms. The number of Topliss-reactive ketones (excluding diaryl/α,β-unsaturated/α-hetero) is 1. The standard InChI is InChI=1S/C26H27N5O4/c1-26(2)11-18-23(19(32)12-26)22(15-7-8-20(34-3)21(10-15)35-4)17(13-27)24(28)31(18)30-25(33)16-6-5-9-29-14-16/h5-10,14,22H,11-12,28H2,1-4H3,(H,30,33). The average molecular weight is 474 g/mol. The number of carbonyl (C=O) groups is 2. The van der Waals surface area contributed by atoms with Crippen molar-refractivity contribution in [1.82, 2.24) is 15.4 Å². The maximum absolute atomic E-state index is 13.5. The molecular weight excluding hydrogens is 446 g/mol. The monoisotopic (exact) mass is 473 g/mol. The number of ketones is 1. The SMILES string of the molecule is COc1ccc(C2C(C#N)=C(N)N(NC(=O)c3cccnc3)C3=C2C(=O)CC(C)(C)C3)cc1OC. The third-order valence-electron chi connectivity index (χ3n) is 6.26. The number of pyridine rings is 1. The first-order chi connectivity index (χ1) is 16.7. The Morgan fingerprint density at radius 1 is 1.23 bits per heavy atom. The molecule has 0 saturated carbocycles. The van der Waals surface area contributed by atoms with Gasteiger partial charge in [0, 0.05) is 24.4 Å². The Hall–Kier alpha value is -4.32. The van der Waals surface area contributed by atoms with Crippen molar-refractivity contribution in [3.05, 3.63) is 76.5 Å². The van der Waals surface area contributed by atoms with Crippen molar-refractivity contribution in [3.8, 4) is 17.6 Å². The molecule has 2 aliphatic rings. The van der Waals surface area contributed by atoms with Gasteiger partial charge in [0.15, 0.2) is 17.3 Å². The van der Waals surface area contributed by atoms with E-state index in [1.165, 1.54) is 25.4 Å². The highest BCUT2D eigenvalue weighted by atomic mass is 16.5. The minimum atomic E-state index is -0.704. The van der Waals surface area contributed by atoms with E-state index in [9.17, 15) is 14.9 Å². The molecule has 1 aromatic heterocycles. The maximum Gasteiger partial charge on any atom is 0.271 e. The lowest BCUT2D eigenvalue weighted by atomic mass is 9.69. The van der Waals surface area contributed by atoms with Crippen LogP contribution in [0, 0.1) is 16.7 Å². The Morgan fingerprint density at radius 2 is 1.97 bits per heavy atom. The summed E-state index contributed by atoms with van der Waals surface area (Å²) in [6.07, 6.45) is 3.78. The summed E-state index contributed by atoms with van der Waals surface area (Å²) in [6, 6.07) is 10.7. The number of hydrogen-bond acceptors (Lipinski definition) is 8. The molecule has 1 amide bonds. The fourth-order valence-corrected chi connectivity index (χ4v) is 4.67. The molecule has 2 heterocycles. The topological polar surface area (TPSA) is 131 Å². The van der Waals surface area contributed by atoms with Gasteiger partial charge in [-0.3, -0.25) is 20.0 Å². The molecule has 3 N–H and O–H groups in total. The van der Waals surface area contributed by atoms with E-state index in [1.54, 1.807) is 36.5 Å². The van der Waals surface area contributed by atoms with E-state index >= 15 is 0 Å². The molecule has 0 radical (unpaired) electrons. The van der Waals surface area contributed by atoms with Gasteiger partial charge >= 0.3 is 0 Å². The van der Waals surface area contributed by atoms with E-state index in [-0.39, 0.29) is 22.6 Å². The Bertz CT molecular complexity index is 1290. The molecule has 9 heteroatoms. The molecule has 35 heavy (non-hydrogen) atoms. The quantitative estimate of drug-likeness (QED) is 0.677. The number of methoxy groups -OCH3 is 2. The van der Waals surface area contributed by atoms with E-state index in [0.717, 1.165) is 0 Å². The fraction of sp³-hybridized carbons (Fsp3) is 0.308. The number of ether oxygens (including phenoxy) is 2. The van der Waals surface area contributed by atoms with Crippen molar-refractivity contribution in [2.45, 2.75) is 32.6 Å². The summed E-state index contributed by atoms with van der Waals surface area (Å²) in [7, 11) is 3.06. The fourth-order valence-electron chi connectivity index (χ4n) is 4.67. The molecule has 1 aliphatic heterocycles. The van der Waals surface area contributed by atoms with Gasteiger partial charge in [-0.2, -0.15) is 5.26 Å². The summed E-state index contributed by atoms with van der Waals surface area (Å²) < 4.78 is 10.8. The minimum absolute atomic E-state index is 0.0637. The number of nitrogens with one attached hydrogen (secondary N) is 1. The van der Waals surface area contributed by atoms with Crippen molar-refractivity contribution in [3.63, 3.8) is 0 Å². The lowest BCUT2D eigenvalue weighted by Gasteiger charge is -2.43. The largest absolute Gasteiger partial charge is 0.493 e. The molecule has 1 aromatic carbocycles. The number of carbonyl (C=O) groups excluding carboxylic acids is 2. The molecule has 0 bridgehead atoms. The maximum atomic E-state index is 13.5. The number of rotatable bonds is 5. The Kier molecular flexibility index (Phi) is 6.22. The van der Waals surface area contributed by atoms with Crippen LogP contribution in [-0.4, -0.2) is 35.9 Å². The van der Waals surface area contributed by atoms with Gasteiger partial charge in [0.2, 0.25) is 0 Å². The van der Waals surface area contributed by atoms with E-state index < -0.39 is 11.8 Å². The highest BCUT2D eigenvalue weighted by Crippen LogP contribution is 2.49. The second-order valence-electron chi connectivity index (χ2n) is 9.28. The molecule has 1 aliphatic carbocycles. The van der Waals surface area contributed by atoms with Crippen LogP contribution in [0.4, 0.5) is 0 Å². The van der Waals surface area contributed by atoms with Crippen molar-refractivity contribution < 1.29 is 19.1 Å². The normalized spacial score (nSPS) is 19.1. The lowest BCUT2D eigenvalue weighted by molar-refractivity contribution is -0.118. The molecule has 0 saturated heterocycles. The summed E-state index contributed by atoms with van der Waals surface area (Å²) in [4.78, 5) is 30.5. The number of aromatic nitrogens is 1. The highest BCUT2D eigenvalue weighted by molar-refractivity contribution is 6.01. The summed E-state index contributed by atoms with van der Waals surface area (Å²) in [6.45, 7) is 3.97. The number of nitrogens with zero attached hydrogens (tertiary/aromatic N) is 3. The Balaban J connectivity index is 1.88. The molecule has 9 nitrogen and oxygen atoms in total. The van der Waals surface area contributed by atoms with E-state index in [4.69, 9.17) is 15.2 Å². The zero-order chi connectivity index (χ0) is 25.3. The second-order valence-corrected chi connectivity index (χ2v) is 9.28. The molecule has 1 unspecified atom stereocenters. The zero-order valence-corrected chi connectivity index (χ0v) is 20.1. The number of hydrazine groups is 1. The van der Waals surface area contributed by atoms with Gasteiger partial charge in [-0.05, 0) is 41.7 Å². The second kappa shape index (κ2) is 9.14. The van der Waals surface area contributed by atoms with Crippen molar-refractivity contribution >= 4 is 11.7 Å². The van der Waals surface area contributed by atoms with Crippen molar-refractivity contribution in [1.29, 1.82) is 5.26 Å². The molecule has 0 fully saturated rings. The van der Waals surface area contributed by atoms with Crippen LogP contribution in [0.3, 0.4) is 0 Å². The van der Waals surface area contributed by atoms with Gasteiger partial charge in [0.05, 0.1) is 43.0 Å². The number of allylic oxidation sites excluding steroid dienone is 3. The minimum Gasteiger partial charge on any atom is -0.493 e. The van der Waals surface area contributed by atoms with E-state index in [1.807, 2.05) is 13.8 Å². The van der Waals surface area contributed by atoms with Crippen LogP contribution in [0.25, 0.3) is 0 Å². The first-order valence-corrected chi connectivity index (χ1v) is 11.1. The first kappa shape index (κ1) is 23.8. The summed E-state index contributed by atoms with van der Waals surface area (Å²) in [5, 5.41) is 11.5. The van der Waals surface area contributed by atoms with Crippen LogP contribution in [0.1, 0.15) is 48.5 Å². The van der Waals surface area contributed by atoms with Crippen molar-refractivity contribution in [2.75, 3.05) is 14.2 Å². The van der Waals surface area contributed by atoms with Gasteiger partial charge < -0.3 is 15.2 Å². The van der Waals surface area contributed by atoms with Gasteiger partial charge in [0.25, 0.3) is 5.91 Å². The molecule has 1 atom stereocenters. The summed E-state index contributed by atoms with van der Waals surface area (Å²) in [5.41, 5.74) is 11.1. The predicted molar refractivity (Wildman–Crippen MR) is 128 cm³/mol. The van der Waals surface area contributed by atoms with Gasteiger partial charge in [0.1, 0.15) is 5.82 Å². The van der Waals surface area contributed by atoms with E-state index in [2.05, 4.69) is 16.5 Å². The molecule has 180 valence electrons. The van der Waals surface area contributed by atoms with Crippen LogP contribution >= 0.6 is 0 Å². The van der Waals surface area contributed by atoms with Crippen LogP contribution in [-0.2, 0) is 4.79 Å². The Morgan fingerprint density at radius 3 is 2.60 bits per heavy atom. The third-order valence-corrected chi connectivity index (χ3v) is 6.26. The lowest BCUT2D eigenvalue weighted by Crippen LogP contribution is -2.49.